The number of hydrogen-bond donors (Lipinski definition) is 1. The molecule has 1 amide bonds. The van der Waals surface area contributed by atoms with E-state index in [2.05, 4.69) is 34.3 Å². The number of unbranched alkanes of at least 4 members (excludes halogenated alkanes) is 1. The number of nitrogens with one attached hydrogen (secondary N) is 1. The van der Waals surface area contributed by atoms with Crippen LogP contribution in [0.1, 0.15) is 48.7 Å². The lowest BCUT2D eigenvalue weighted by molar-refractivity contribution is -0.116. The van der Waals surface area contributed by atoms with Crippen molar-refractivity contribution in [3.8, 4) is 0 Å². The highest BCUT2D eigenvalue weighted by molar-refractivity contribution is 7.98. The van der Waals surface area contributed by atoms with Gasteiger partial charge in [0.1, 0.15) is 0 Å². The molecule has 2 rings (SSSR count). The van der Waals surface area contributed by atoms with Crippen LogP contribution >= 0.6 is 11.8 Å². The summed E-state index contributed by atoms with van der Waals surface area (Å²) < 4.78 is 0. The largest absolute Gasteiger partial charge is 0.326 e. The van der Waals surface area contributed by atoms with Gasteiger partial charge in [0.05, 0.1) is 0 Å². The minimum Gasteiger partial charge on any atom is -0.326 e. The first-order chi connectivity index (χ1) is 12.0. The fourth-order valence-corrected chi connectivity index (χ4v) is 3.22. The molecule has 0 aliphatic heterocycles. The fraction of sp³-hybridized carbons (Fsp3) is 0.450. The molecule has 25 heavy (non-hydrogen) atoms. The van der Waals surface area contributed by atoms with Gasteiger partial charge in [-0.05, 0) is 62.6 Å². The summed E-state index contributed by atoms with van der Waals surface area (Å²) in [6.07, 6.45) is 6.54. The number of aromatic nitrogens is 2. The van der Waals surface area contributed by atoms with Crippen molar-refractivity contribution in [2.45, 2.75) is 58.0 Å². The highest BCUT2D eigenvalue weighted by Gasteiger charge is 2.11. The van der Waals surface area contributed by atoms with Gasteiger partial charge in [0.15, 0.2) is 5.16 Å². The molecule has 2 aromatic rings. The molecule has 0 aliphatic carbocycles. The van der Waals surface area contributed by atoms with Crippen molar-refractivity contribution in [2.75, 3.05) is 11.6 Å². The van der Waals surface area contributed by atoms with Crippen molar-refractivity contribution in [3.63, 3.8) is 0 Å². The number of carbonyl (C=O) groups is 1. The number of nitrogens with zero attached hydrogens (tertiary/aromatic N) is 2. The van der Waals surface area contributed by atoms with Gasteiger partial charge in [0, 0.05) is 23.5 Å². The van der Waals surface area contributed by atoms with Crippen LogP contribution < -0.4 is 5.32 Å². The van der Waals surface area contributed by atoms with E-state index in [1.165, 1.54) is 30.2 Å². The van der Waals surface area contributed by atoms with E-state index in [1.807, 2.05) is 32.2 Å². The summed E-state index contributed by atoms with van der Waals surface area (Å²) in [6.45, 7) is 6.16. The molecule has 0 unspecified atom stereocenters. The quantitative estimate of drug-likeness (QED) is 0.548. The number of anilines is 1. The van der Waals surface area contributed by atoms with Crippen LogP contribution in [0.15, 0.2) is 29.4 Å². The van der Waals surface area contributed by atoms with Gasteiger partial charge < -0.3 is 5.32 Å². The molecule has 0 fully saturated rings. The van der Waals surface area contributed by atoms with Crippen LogP contribution in [0, 0.1) is 13.8 Å². The number of thioether (sulfide) groups is 1. The van der Waals surface area contributed by atoms with Crippen LogP contribution in [-0.2, 0) is 17.6 Å². The summed E-state index contributed by atoms with van der Waals surface area (Å²) in [7, 11) is 0. The molecule has 1 N–H and O–H groups in total. The van der Waals surface area contributed by atoms with Crippen molar-refractivity contribution >= 4 is 23.4 Å². The molecule has 0 radical (unpaired) electrons. The molecule has 0 bridgehead atoms. The number of rotatable bonds is 8. The van der Waals surface area contributed by atoms with Crippen LogP contribution in [0.3, 0.4) is 0 Å². The second-order valence-electron chi connectivity index (χ2n) is 6.21. The van der Waals surface area contributed by atoms with Gasteiger partial charge in [-0.25, -0.2) is 9.97 Å². The summed E-state index contributed by atoms with van der Waals surface area (Å²) >= 11 is 1.54. The van der Waals surface area contributed by atoms with E-state index in [9.17, 15) is 4.79 Å². The second kappa shape index (κ2) is 9.56. The first kappa shape index (κ1) is 19.4. The molecular weight excluding hydrogens is 330 g/mol. The first-order valence-corrected chi connectivity index (χ1v) is 10.0. The highest BCUT2D eigenvalue weighted by Crippen LogP contribution is 2.18. The standard InChI is InChI=1S/C20H27N3OS/c1-5-6-7-16-8-10-17(11-9-16)23-19(24)13-12-18-14(2)21-20(25-4)22-15(18)3/h8-11H,5-7,12-13H2,1-4H3,(H,23,24). The lowest BCUT2D eigenvalue weighted by Gasteiger charge is -2.10. The second-order valence-corrected chi connectivity index (χ2v) is 6.98. The van der Waals surface area contributed by atoms with Crippen LogP contribution in [0.5, 0.6) is 0 Å². The summed E-state index contributed by atoms with van der Waals surface area (Å²) in [5.41, 5.74) is 5.17. The Morgan fingerprint density at radius 2 is 1.72 bits per heavy atom. The maximum absolute atomic E-state index is 12.2. The Hall–Kier alpha value is -1.88. The Morgan fingerprint density at radius 3 is 2.28 bits per heavy atom. The molecule has 0 aliphatic rings. The zero-order valence-corrected chi connectivity index (χ0v) is 16.4. The molecule has 5 heteroatoms. The third-order valence-electron chi connectivity index (χ3n) is 4.24. The van der Waals surface area contributed by atoms with Gasteiger partial charge in [0.25, 0.3) is 0 Å². The Morgan fingerprint density at radius 1 is 1.08 bits per heavy atom. The highest BCUT2D eigenvalue weighted by atomic mass is 32.2. The fourth-order valence-electron chi connectivity index (χ4n) is 2.76. The van der Waals surface area contributed by atoms with Crippen LogP contribution in [0.2, 0.25) is 0 Å². The van der Waals surface area contributed by atoms with Gasteiger partial charge in [-0.1, -0.05) is 37.2 Å². The Labute approximate surface area is 154 Å². The molecule has 0 saturated heterocycles. The lowest BCUT2D eigenvalue weighted by Crippen LogP contribution is -2.13. The van der Waals surface area contributed by atoms with Gasteiger partial charge in [-0.2, -0.15) is 0 Å². The van der Waals surface area contributed by atoms with Crippen LogP contribution in [-0.4, -0.2) is 22.1 Å². The average Bonchev–Trinajstić information content (AvgIpc) is 2.60. The van der Waals surface area contributed by atoms with Gasteiger partial charge in [0.2, 0.25) is 5.91 Å². The normalized spacial score (nSPS) is 10.7. The summed E-state index contributed by atoms with van der Waals surface area (Å²) in [5, 5.41) is 3.76. The summed E-state index contributed by atoms with van der Waals surface area (Å²) in [5.74, 6) is 0.0223. The zero-order valence-electron chi connectivity index (χ0n) is 15.6. The molecule has 4 nitrogen and oxygen atoms in total. The van der Waals surface area contributed by atoms with Crippen molar-refractivity contribution in [2.24, 2.45) is 0 Å². The van der Waals surface area contributed by atoms with Gasteiger partial charge >= 0.3 is 0 Å². The summed E-state index contributed by atoms with van der Waals surface area (Å²) in [6, 6.07) is 8.15. The molecule has 0 saturated carbocycles. The van der Waals surface area contributed by atoms with Gasteiger partial charge in [-0.15, -0.1) is 0 Å². The van der Waals surface area contributed by atoms with E-state index < -0.39 is 0 Å². The zero-order chi connectivity index (χ0) is 18.2. The minimum absolute atomic E-state index is 0.0223. The monoisotopic (exact) mass is 357 g/mol. The SMILES string of the molecule is CCCCc1ccc(NC(=O)CCc2c(C)nc(SC)nc2C)cc1. The maximum Gasteiger partial charge on any atom is 0.224 e. The Kier molecular flexibility index (Phi) is 7.44. The topological polar surface area (TPSA) is 54.9 Å². The van der Waals surface area contributed by atoms with Crippen molar-refractivity contribution in [1.29, 1.82) is 0 Å². The summed E-state index contributed by atoms with van der Waals surface area (Å²) in [4.78, 5) is 21.2. The molecule has 1 aromatic carbocycles. The number of benzene rings is 1. The van der Waals surface area contributed by atoms with E-state index in [4.69, 9.17) is 0 Å². The van der Waals surface area contributed by atoms with E-state index in [-0.39, 0.29) is 5.91 Å². The number of amides is 1. The van der Waals surface area contributed by atoms with Crippen LogP contribution in [0.25, 0.3) is 0 Å². The van der Waals surface area contributed by atoms with E-state index >= 15 is 0 Å². The maximum atomic E-state index is 12.2. The number of hydrogen-bond acceptors (Lipinski definition) is 4. The third-order valence-corrected chi connectivity index (χ3v) is 4.79. The Bertz CT molecular complexity index is 690. The van der Waals surface area contributed by atoms with E-state index in [0.717, 1.165) is 34.2 Å². The molecule has 0 atom stereocenters. The number of carbonyl (C=O) groups excluding carboxylic acids is 1. The average molecular weight is 358 g/mol. The lowest BCUT2D eigenvalue weighted by atomic mass is 10.1. The molecule has 0 spiro atoms. The Balaban J connectivity index is 1.90. The smallest absolute Gasteiger partial charge is 0.224 e. The predicted octanol–water partition coefficient (Wildman–Crippen LogP) is 4.73. The van der Waals surface area contributed by atoms with Gasteiger partial charge in [-0.3, -0.25) is 4.79 Å². The molecule has 134 valence electrons. The molecular formula is C20H27N3OS. The first-order valence-electron chi connectivity index (χ1n) is 8.80. The van der Waals surface area contributed by atoms with E-state index in [0.29, 0.717) is 12.8 Å². The van der Waals surface area contributed by atoms with Crippen molar-refractivity contribution in [3.05, 3.63) is 46.8 Å². The molecule has 1 heterocycles. The predicted molar refractivity (Wildman–Crippen MR) is 105 cm³/mol. The van der Waals surface area contributed by atoms with Crippen LogP contribution in [0.4, 0.5) is 5.69 Å². The minimum atomic E-state index is 0.0223. The third kappa shape index (κ3) is 5.85. The van der Waals surface area contributed by atoms with Crippen molar-refractivity contribution in [1.82, 2.24) is 9.97 Å². The molecule has 1 aromatic heterocycles. The number of aryl methyl sites for hydroxylation is 3. The van der Waals surface area contributed by atoms with E-state index in [1.54, 1.807) is 0 Å². The van der Waals surface area contributed by atoms with Crippen molar-refractivity contribution < 1.29 is 4.79 Å².